The largest absolute Gasteiger partial charge is 0.412 e. The SMILES string of the molecule is CCC1CCCNC1N1CCC(C(=O)N2CCCC2)(c2ccccc2)C(c2ccc(Cl)c(Cl)c2)C1C(=O)Cc1cccc(Cl)c1.Cl.O. The molecule has 0 aromatic heterocycles. The van der Waals surface area contributed by atoms with E-state index in [1.165, 1.54) is 0 Å². The van der Waals surface area contributed by atoms with E-state index >= 15 is 9.59 Å². The normalized spacial score (nSPS) is 26.3. The van der Waals surface area contributed by atoms with Gasteiger partial charge in [-0.05, 0) is 85.5 Å². The molecular weight excluding hydrogens is 676 g/mol. The second kappa shape index (κ2) is 16.5. The number of carbonyl (C=O) groups is 2. The van der Waals surface area contributed by atoms with Crippen molar-refractivity contribution < 1.29 is 15.1 Å². The first-order valence-electron chi connectivity index (χ1n) is 16.4. The monoisotopic (exact) mass is 719 g/mol. The van der Waals surface area contributed by atoms with Crippen molar-refractivity contribution >= 4 is 58.9 Å². The van der Waals surface area contributed by atoms with E-state index < -0.39 is 17.4 Å². The summed E-state index contributed by atoms with van der Waals surface area (Å²) >= 11 is 19.6. The lowest BCUT2D eigenvalue weighted by Gasteiger charge is -2.56. The number of piperidine rings is 2. The lowest BCUT2D eigenvalue weighted by Crippen LogP contribution is -2.68. The second-order valence-corrected chi connectivity index (χ2v) is 14.2. The Labute approximate surface area is 299 Å². The summed E-state index contributed by atoms with van der Waals surface area (Å²) in [6.45, 7) is 5.22. The van der Waals surface area contributed by atoms with E-state index in [2.05, 4.69) is 29.3 Å². The van der Waals surface area contributed by atoms with Gasteiger partial charge in [0.05, 0.1) is 27.7 Å². The van der Waals surface area contributed by atoms with Crippen LogP contribution in [0.2, 0.25) is 15.1 Å². The van der Waals surface area contributed by atoms with Crippen molar-refractivity contribution in [2.45, 2.75) is 75.4 Å². The van der Waals surface area contributed by atoms with Crippen molar-refractivity contribution in [3.63, 3.8) is 0 Å². The molecule has 0 radical (unpaired) electrons. The number of hydrogen-bond donors (Lipinski definition) is 1. The molecule has 1 amide bonds. The van der Waals surface area contributed by atoms with Crippen molar-refractivity contribution in [1.29, 1.82) is 0 Å². The second-order valence-electron chi connectivity index (χ2n) is 12.9. The highest BCUT2D eigenvalue weighted by molar-refractivity contribution is 6.42. The highest BCUT2D eigenvalue weighted by atomic mass is 35.5. The molecule has 0 bridgehead atoms. The van der Waals surface area contributed by atoms with Crippen molar-refractivity contribution in [3.8, 4) is 0 Å². The summed E-state index contributed by atoms with van der Waals surface area (Å²) < 4.78 is 0. The average Bonchev–Trinajstić information content (AvgIpc) is 3.61. The van der Waals surface area contributed by atoms with Crippen LogP contribution >= 0.6 is 47.2 Å². The summed E-state index contributed by atoms with van der Waals surface area (Å²) in [5.41, 5.74) is 1.70. The van der Waals surface area contributed by atoms with Crippen LogP contribution in [0, 0.1) is 5.92 Å². The molecule has 10 heteroatoms. The van der Waals surface area contributed by atoms with Gasteiger partial charge in [0, 0.05) is 37.0 Å². The zero-order valence-electron chi connectivity index (χ0n) is 26.8. The molecule has 3 aliphatic heterocycles. The van der Waals surface area contributed by atoms with Crippen LogP contribution in [0.3, 0.4) is 0 Å². The van der Waals surface area contributed by atoms with E-state index in [0.717, 1.165) is 68.4 Å². The van der Waals surface area contributed by atoms with Gasteiger partial charge in [-0.15, -0.1) is 12.4 Å². The number of Topliss-reactive ketones (excluding diaryl/α,β-unsaturated/α-hetero) is 1. The first-order chi connectivity index (χ1) is 21.8. The van der Waals surface area contributed by atoms with E-state index in [1.54, 1.807) is 6.07 Å². The van der Waals surface area contributed by atoms with Gasteiger partial charge in [-0.3, -0.25) is 14.5 Å². The number of hydrogen-bond acceptors (Lipinski definition) is 4. The van der Waals surface area contributed by atoms with Crippen molar-refractivity contribution in [2.75, 3.05) is 26.2 Å². The van der Waals surface area contributed by atoms with Crippen LogP contribution in [0.25, 0.3) is 0 Å². The third-order valence-electron chi connectivity index (χ3n) is 10.4. The van der Waals surface area contributed by atoms with Crippen LogP contribution in [-0.4, -0.2) is 65.4 Å². The number of rotatable bonds is 8. The highest BCUT2D eigenvalue weighted by Crippen LogP contribution is 2.52. The average molecular weight is 722 g/mol. The fourth-order valence-corrected chi connectivity index (χ4v) is 8.77. The number of ketones is 1. The molecule has 0 spiro atoms. The molecule has 6 nitrogen and oxygen atoms in total. The standard InChI is InChI=1S/C37H42Cl3N3O2.ClH.H2O/c1-2-26-11-9-18-41-35(26)43-21-17-37(28-12-4-3-5-13-28,36(45)42-19-6-7-20-42)33(27-15-16-30(39)31(40)24-27)34(43)32(44)23-25-10-8-14-29(38)22-25;;/h3-5,8,10,12-16,22,24,26,33-35,41H,2,6-7,9,11,17-21,23H2,1H3;1H;1H2. The minimum absolute atomic E-state index is 0. The molecule has 3 fully saturated rings. The Kier molecular flexibility index (Phi) is 13.2. The molecule has 3 aliphatic rings. The van der Waals surface area contributed by atoms with Crippen LogP contribution in [0.5, 0.6) is 0 Å². The molecule has 47 heavy (non-hydrogen) atoms. The maximum absolute atomic E-state index is 15.1. The Balaban J connectivity index is 0.00000250. The molecule has 3 N–H and O–H groups in total. The lowest BCUT2D eigenvalue weighted by atomic mass is 9.58. The van der Waals surface area contributed by atoms with E-state index in [-0.39, 0.29) is 42.2 Å². The Morgan fingerprint density at radius 1 is 0.894 bits per heavy atom. The number of halogens is 4. The molecule has 3 saturated heterocycles. The van der Waals surface area contributed by atoms with Gasteiger partial charge in [0.15, 0.2) is 5.78 Å². The number of amides is 1. The smallest absolute Gasteiger partial charge is 0.233 e. The number of benzene rings is 3. The van der Waals surface area contributed by atoms with Crippen LogP contribution in [0.1, 0.15) is 68.1 Å². The van der Waals surface area contributed by atoms with Gasteiger partial charge in [-0.25, -0.2) is 0 Å². The van der Waals surface area contributed by atoms with Crippen LogP contribution in [0.4, 0.5) is 0 Å². The van der Waals surface area contributed by atoms with E-state index in [4.69, 9.17) is 34.8 Å². The molecule has 5 atom stereocenters. The summed E-state index contributed by atoms with van der Waals surface area (Å²) in [6, 6.07) is 22.8. The summed E-state index contributed by atoms with van der Waals surface area (Å²) in [5.74, 6) is 0.0773. The Morgan fingerprint density at radius 3 is 2.32 bits per heavy atom. The minimum Gasteiger partial charge on any atom is -0.412 e. The van der Waals surface area contributed by atoms with Crippen LogP contribution in [0.15, 0.2) is 72.8 Å². The number of nitrogens with one attached hydrogen (secondary N) is 1. The van der Waals surface area contributed by atoms with Gasteiger partial charge in [0.1, 0.15) is 0 Å². The molecule has 0 aliphatic carbocycles. The predicted octanol–water partition coefficient (Wildman–Crippen LogP) is 7.51. The summed E-state index contributed by atoms with van der Waals surface area (Å²) in [4.78, 5) is 34.6. The van der Waals surface area contributed by atoms with Gasteiger partial charge < -0.3 is 15.7 Å². The topological polar surface area (TPSA) is 84.2 Å². The molecular formula is C37H45Cl4N3O3. The molecule has 254 valence electrons. The quantitative estimate of drug-likeness (QED) is 0.261. The Morgan fingerprint density at radius 2 is 1.64 bits per heavy atom. The minimum atomic E-state index is -0.968. The highest BCUT2D eigenvalue weighted by Gasteiger charge is 2.59. The summed E-state index contributed by atoms with van der Waals surface area (Å²) in [6.07, 6.45) is 6.03. The maximum Gasteiger partial charge on any atom is 0.233 e. The Bertz CT molecular complexity index is 1520. The molecule has 6 rings (SSSR count). The van der Waals surface area contributed by atoms with E-state index in [9.17, 15) is 0 Å². The first-order valence-corrected chi connectivity index (χ1v) is 17.5. The Hall–Kier alpha value is -2.16. The van der Waals surface area contributed by atoms with Crippen LogP contribution in [-0.2, 0) is 21.4 Å². The van der Waals surface area contributed by atoms with Crippen molar-refractivity contribution in [1.82, 2.24) is 15.1 Å². The summed E-state index contributed by atoms with van der Waals surface area (Å²) in [7, 11) is 0. The van der Waals surface area contributed by atoms with Crippen LogP contribution < -0.4 is 5.32 Å². The number of nitrogens with zero attached hydrogens (tertiary/aromatic N) is 2. The molecule has 3 aromatic carbocycles. The van der Waals surface area contributed by atoms with Gasteiger partial charge in [-0.2, -0.15) is 0 Å². The van der Waals surface area contributed by atoms with Gasteiger partial charge in [0.25, 0.3) is 0 Å². The number of carbonyl (C=O) groups excluding carboxylic acids is 2. The third kappa shape index (κ3) is 7.55. The number of likely N-dealkylation sites (tertiary alicyclic amines) is 2. The third-order valence-corrected chi connectivity index (χ3v) is 11.3. The fraction of sp³-hybridized carbons (Fsp3) is 0.459. The maximum atomic E-state index is 15.1. The molecule has 3 heterocycles. The molecule has 5 unspecified atom stereocenters. The fourth-order valence-electron chi connectivity index (χ4n) is 8.25. The lowest BCUT2D eigenvalue weighted by molar-refractivity contribution is -0.145. The van der Waals surface area contributed by atoms with Gasteiger partial charge >= 0.3 is 0 Å². The first kappa shape index (κ1) is 37.7. The van der Waals surface area contributed by atoms with Gasteiger partial charge in [-0.1, -0.05) is 96.7 Å². The van der Waals surface area contributed by atoms with Crippen molar-refractivity contribution in [2.24, 2.45) is 5.92 Å². The van der Waals surface area contributed by atoms with Gasteiger partial charge in [0.2, 0.25) is 5.91 Å². The van der Waals surface area contributed by atoms with E-state index in [1.807, 2.05) is 59.5 Å². The summed E-state index contributed by atoms with van der Waals surface area (Å²) in [5, 5.41) is 5.27. The molecule has 0 saturated carbocycles. The zero-order valence-corrected chi connectivity index (χ0v) is 29.9. The van der Waals surface area contributed by atoms with E-state index in [0.29, 0.717) is 34.0 Å². The molecule has 3 aromatic rings. The van der Waals surface area contributed by atoms with Crippen molar-refractivity contribution in [3.05, 3.63) is 105 Å². The predicted molar refractivity (Wildman–Crippen MR) is 194 cm³/mol. The zero-order chi connectivity index (χ0) is 31.6.